The number of aliphatic hydroxyl groups excluding tert-OH is 1. The minimum atomic E-state index is -0.569. The van der Waals surface area contributed by atoms with Crippen LogP contribution < -0.4 is 4.74 Å². The van der Waals surface area contributed by atoms with Gasteiger partial charge in [0.05, 0.1) is 12.7 Å². The number of hydrogen-bond donors (Lipinski definition) is 1. The lowest BCUT2D eigenvalue weighted by Crippen LogP contribution is -2.22. The van der Waals surface area contributed by atoms with Crippen molar-refractivity contribution in [2.45, 2.75) is 45.8 Å². The minimum Gasteiger partial charge on any atom is -0.494 e. The third-order valence-electron chi connectivity index (χ3n) is 2.84. The van der Waals surface area contributed by atoms with Crippen LogP contribution in [-0.4, -0.2) is 24.4 Å². The van der Waals surface area contributed by atoms with E-state index in [0.29, 0.717) is 13.2 Å². The fourth-order valence-electron chi connectivity index (χ4n) is 1.97. The molecule has 18 heavy (non-hydrogen) atoms. The highest BCUT2D eigenvalue weighted by atomic mass is 16.5. The molecule has 102 valence electrons. The van der Waals surface area contributed by atoms with Gasteiger partial charge in [-0.25, -0.2) is 0 Å². The zero-order chi connectivity index (χ0) is 13.4. The van der Waals surface area contributed by atoms with Crippen molar-refractivity contribution in [3.8, 4) is 5.75 Å². The number of ether oxygens (including phenoxy) is 2. The van der Waals surface area contributed by atoms with Crippen LogP contribution in [0.3, 0.4) is 0 Å². The molecule has 0 saturated carbocycles. The molecule has 1 aromatic carbocycles. The summed E-state index contributed by atoms with van der Waals surface area (Å²) in [6, 6.07) is 7.57. The molecule has 0 amide bonds. The van der Waals surface area contributed by atoms with Crippen LogP contribution in [0.1, 0.15) is 45.3 Å². The Balaban J connectivity index is 2.70. The molecule has 2 unspecified atom stereocenters. The molecule has 1 aromatic rings. The summed E-state index contributed by atoms with van der Waals surface area (Å²) in [5.74, 6) is 0.830. The van der Waals surface area contributed by atoms with Crippen LogP contribution >= 0.6 is 0 Å². The quantitative estimate of drug-likeness (QED) is 0.771. The molecule has 0 aromatic heterocycles. The maximum atomic E-state index is 10.3. The third-order valence-corrected chi connectivity index (χ3v) is 2.84. The molecule has 0 radical (unpaired) electrons. The Morgan fingerprint density at radius 2 is 1.72 bits per heavy atom. The van der Waals surface area contributed by atoms with E-state index >= 15 is 0 Å². The van der Waals surface area contributed by atoms with Crippen molar-refractivity contribution in [3.63, 3.8) is 0 Å². The predicted molar refractivity (Wildman–Crippen MR) is 72.9 cm³/mol. The summed E-state index contributed by atoms with van der Waals surface area (Å²) in [6.45, 7) is 7.28. The van der Waals surface area contributed by atoms with E-state index in [1.54, 1.807) is 0 Å². The minimum absolute atomic E-state index is 0.127. The van der Waals surface area contributed by atoms with Crippen LogP contribution in [0.5, 0.6) is 5.75 Å². The number of benzene rings is 1. The standard InChI is InChI=1S/C15H24O3/c1-4-7-14(18-6-3)15(16)12-8-10-13(11-9-12)17-5-2/h8-11,14-16H,4-7H2,1-3H3. The lowest BCUT2D eigenvalue weighted by molar-refractivity contribution is -0.0384. The van der Waals surface area contributed by atoms with Crippen LogP contribution in [0, 0.1) is 0 Å². The highest BCUT2D eigenvalue weighted by Gasteiger charge is 2.20. The van der Waals surface area contributed by atoms with Crippen molar-refractivity contribution in [1.82, 2.24) is 0 Å². The topological polar surface area (TPSA) is 38.7 Å². The van der Waals surface area contributed by atoms with Gasteiger partial charge < -0.3 is 14.6 Å². The molecular weight excluding hydrogens is 228 g/mol. The van der Waals surface area contributed by atoms with E-state index in [0.717, 1.165) is 24.2 Å². The van der Waals surface area contributed by atoms with Gasteiger partial charge in [-0.1, -0.05) is 25.5 Å². The van der Waals surface area contributed by atoms with Crippen LogP contribution in [-0.2, 0) is 4.74 Å². The fraction of sp³-hybridized carbons (Fsp3) is 0.600. The predicted octanol–water partition coefficient (Wildman–Crippen LogP) is 3.32. The zero-order valence-electron chi connectivity index (χ0n) is 11.6. The third kappa shape index (κ3) is 4.31. The number of rotatable bonds is 8. The van der Waals surface area contributed by atoms with Gasteiger partial charge in [0.25, 0.3) is 0 Å². The van der Waals surface area contributed by atoms with E-state index in [1.165, 1.54) is 0 Å². The second kappa shape index (κ2) is 8.11. The van der Waals surface area contributed by atoms with Crippen LogP contribution in [0.4, 0.5) is 0 Å². The van der Waals surface area contributed by atoms with Gasteiger partial charge in [0, 0.05) is 6.61 Å². The van der Waals surface area contributed by atoms with Gasteiger partial charge in [-0.2, -0.15) is 0 Å². The molecule has 3 heteroatoms. The Morgan fingerprint density at radius 1 is 1.06 bits per heavy atom. The van der Waals surface area contributed by atoms with Gasteiger partial charge in [-0.15, -0.1) is 0 Å². The molecule has 0 bridgehead atoms. The summed E-state index contributed by atoms with van der Waals surface area (Å²) in [4.78, 5) is 0. The highest BCUT2D eigenvalue weighted by molar-refractivity contribution is 5.29. The summed E-state index contributed by atoms with van der Waals surface area (Å²) in [5.41, 5.74) is 0.880. The van der Waals surface area contributed by atoms with E-state index < -0.39 is 6.10 Å². The normalized spacial score (nSPS) is 14.2. The summed E-state index contributed by atoms with van der Waals surface area (Å²) in [6.07, 6.45) is 1.17. The Hall–Kier alpha value is -1.06. The average molecular weight is 252 g/mol. The van der Waals surface area contributed by atoms with Crippen LogP contribution in [0.25, 0.3) is 0 Å². The van der Waals surface area contributed by atoms with Gasteiger partial charge >= 0.3 is 0 Å². The Labute approximate surface area is 110 Å². The molecule has 1 N–H and O–H groups in total. The first-order chi connectivity index (χ1) is 8.72. The summed E-state index contributed by atoms with van der Waals surface area (Å²) in [5, 5.41) is 10.3. The molecule has 0 aliphatic heterocycles. The van der Waals surface area contributed by atoms with Crippen molar-refractivity contribution < 1.29 is 14.6 Å². The summed E-state index contributed by atoms with van der Waals surface area (Å²) < 4.78 is 11.0. The van der Waals surface area contributed by atoms with Gasteiger partial charge in [0.2, 0.25) is 0 Å². The second-order valence-corrected chi connectivity index (χ2v) is 4.23. The lowest BCUT2D eigenvalue weighted by atomic mass is 10.0. The van der Waals surface area contributed by atoms with Gasteiger partial charge in [-0.05, 0) is 38.0 Å². The molecule has 1 rings (SSSR count). The second-order valence-electron chi connectivity index (χ2n) is 4.23. The first-order valence-corrected chi connectivity index (χ1v) is 6.75. The highest BCUT2D eigenvalue weighted by Crippen LogP contribution is 2.24. The molecule has 0 aliphatic rings. The maximum Gasteiger partial charge on any atom is 0.119 e. The van der Waals surface area contributed by atoms with Gasteiger partial charge in [0.15, 0.2) is 0 Å². The van der Waals surface area contributed by atoms with Gasteiger partial charge in [-0.3, -0.25) is 0 Å². The Kier molecular flexibility index (Phi) is 6.76. The molecule has 0 spiro atoms. The van der Waals surface area contributed by atoms with Crippen molar-refractivity contribution in [1.29, 1.82) is 0 Å². The van der Waals surface area contributed by atoms with E-state index in [-0.39, 0.29) is 6.10 Å². The summed E-state index contributed by atoms with van der Waals surface area (Å²) >= 11 is 0. The van der Waals surface area contributed by atoms with E-state index in [9.17, 15) is 5.11 Å². The smallest absolute Gasteiger partial charge is 0.119 e. The molecule has 0 fully saturated rings. The molecule has 0 heterocycles. The zero-order valence-corrected chi connectivity index (χ0v) is 11.6. The Morgan fingerprint density at radius 3 is 2.22 bits per heavy atom. The number of aliphatic hydroxyl groups is 1. The van der Waals surface area contributed by atoms with Crippen molar-refractivity contribution in [3.05, 3.63) is 29.8 Å². The van der Waals surface area contributed by atoms with Crippen molar-refractivity contribution in [2.75, 3.05) is 13.2 Å². The van der Waals surface area contributed by atoms with Crippen LogP contribution in [0.2, 0.25) is 0 Å². The molecule has 0 saturated heterocycles. The molecular formula is C15H24O3. The largest absolute Gasteiger partial charge is 0.494 e. The van der Waals surface area contributed by atoms with Gasteiger partial charge in [0.1, 0.15) is 11.9 Å². The first kappa shape index (κ1) is 15.0. The number of hydrogen-bond acceptors (Lipinski definition) is 3. The molecule has 0 aliphatic carbocycles. The van der Waals surface area contributed by atoms with Crippen molar-refractivity contribution in [2.24, 2.45) is 0 Å². The van der Waals surface area contributed by atoms with E-state index in [4.69, 9.17) is 9.47 Å². The van der Waals surface area contributed by atoms with Crippen molar-refractivity contribution >= 4 is 0 Å². The monoisotopic (exact) mass is 252 g/mol. The Bertz CT molecular complexity index is 315. The molecule has 2 atom stereocenters. The SMILES string of the molecule is CCCC(OCC)C(O)c1ccc(OCC)cc1. The summed E-state index contributed by atoms with van der Waals surface area (Å²) in [7, 11) is 0. The maximum absolute atomic E-state index is 10.3. The first-order valence-electron chi connectivity index (χ1n) is 6.75. The van der Waals surface area contributed by atoms with E-state index in [2.05, 4.69) is 6.92 Å². The lowest BCUT2D eigenvalue weighted by Gasteiger charge is -2.23. The van der Waals surface area contributed by atoms with E-state index in [1.807, 2.05) is 38.1 Å². The fourth-order valence-corrected chi connectivity index (χ4v) is 1.97. The average Bonchev–Trinajstić information content (AvgIpc) is 2.39. The van der Waals surface area contributed by atoms with Crippen LogP contribution in [0.15, 0.2) is 24.3 Å². The molecule has 3 nitrogen and oxygen atoms in total.